The van der Waals surface area contributed by atoms with Crippen molar-refractivity contribution in [3.05, 3.63) is 71.9 Å². The summed E-state index contributed by atoms with van der Waals surface area (Å²) >= 11 is 0. The van der Waals surface area contributed by atoms with Gasteiger partial charge in [0.25, 0.3) is 0 Å². The molecule has 1 saturated heterocycles. The van der Waals surface area contributed by atoms with E-state index in [1.807, 2.05) is 42.5 Å². The van der Waals surface area contributed by atoms with Crippen LogP contribution in [0.25, 0.3) is 11.4 Å². The van der Waals surface area contributed by atoms with Crippen molar-refractivity contribution in [3.8, 4) is 11.4 Å². The maximum Gasteiger partial charge on any atom is 0.343 e. The van der Waals surface area contributed by atoms with Gasteiger partial charge in [-0.3, -0.25) is 4.90 Å². The molecule has 0 aliphatic carbocycles. The molecule has 4 rings (SSSR count). The molecule has 166 valence electrons. The van der Waals surface area contributed by atoms with Crippen molar-refractivity contribution in [2.45, 2.75) is 33.2 Å². The summed E-state index contributed by atoms with van der Waals surface area (Å²) in [5.74, 6) is 1.39. The Morgan fingerprint density at radius 3 is 2.50 bits per heavy atom. The zero-order valence-electron chi connectivity index (χ0n) is 18.8. The Morgan fingerprint density at radius 2 is 1.81 bits per heavy atom. The van der Waals surface area contributed by atoms with Crippen LogP contribution < -0.4 is 5.32 Å². The van der Waals surface area contributed by atoms with E-state index in [9.17, 15) is 4.79 Å². The summed E-state index contributed by atoms with van der Waals surface area (Å²) in [5, 5.41) is 3.29. The number of anilines is 2. The van der Waals surface area contributed by atoms with Crippen LogP contribution in [0, 0.1) is 5.92 Å². The van der Waals surface area contributed by atoms with Crippen molar-refractivity contribution < 1.29 is 9.53 Å². The van der Waals surface area contributed by atoms with Crippen LogP contribution >= 0.6 is 0 Å². The predicted octanol–water partition coefficient (Wildman–Crippen LogP) is 5.30. The zero-order valence-corrected chi connectivity index (χ0v) is 18.8. The van der Waals surface area contributed by atoms with Crippen LogP contribution in [0.1, 0.15) is 42.6 Å². The van der Waals surface area contributed by atoms with Crippen LogP contribution in [0.5, 0.6) is 0 Å². The first-order chi connectivity index (χ1) is 15.6. The number of carbonyl (C=O) groups is 1. The summed E-state index contributed by atoms with van der Waals surface area (Å²) in [6, 6.07) is 18.0. The normalized spacial score (nSPS) is 14.8. The molecule has 1 aliphatic rings. The van der Waals surface area contributed by atoms with E-state index in [0.29, 0.717) is 23.8 Å². The molecule has 1 fully saturated rings. The van der Waals surface area contributed by atoms with Gasteiger partial charge in [-0.1, -0.05) is 49.4 Å². The van der Waals surface area contributed by atoms with E-state index < -0.39 is 5.97 Å². The molecular formula is C26H30N4O2. The van der Waals surface area contributed by atoms with Gasteiger partial charge in [0.2, 0.25) is 0 Å². The van der Waals surface area contributed by atoms with Gasteiger partial charge in [-0.15, -0.1) is 0 Å². The Hall–Kier alpha value is -3.25. The standard InChI is InChI=1S/C26H30N4O2/c1-3-32-26(31)23-17-27-24(21-7-5-4-6-8-21)29-25(23)28-22-11-9-20(10-12-22)18-30-15-13-19(2)14-16-30/h4-12,17,19H,3,13-16,18H2,1-2H3,(H,27,28,29). The van der Waals surface area contributed by atoms with Crippen molar-refractivity contribution in [2.24, 2.45) is 5.92 Å². The summed E-state index contributed by atoms with van der Waals surface area (Å²) in [6.45, 7) is 7.70. The van der Waals surface area contributed by atoms with Crippen molar-refractivity contribution >= 4 is 17.5 Å². The number of esters is 1. The van der Waals surface area contributed by atoms with E-state index in [4.69, 9.17) is 4.74 Å². The second kappa shape index (κ2) is 10.4. The van der Waals surface area contributed by atoms with Gasteiger partial charge in [0.1, 0.15) is 11.4 Å². The van der Waals surface area contributed by atoms with Gasteiger partial charge in [0.15, 0.2) is 5.82 Å². The maximum atomic E-state index is 12.5. The Morgan fingerprint density at radius 1 is 1.09 bits per heavy atom. The fourth-order valence-corrected chi connectivity index (χ4v) is 3.87. The molecule has 0 amide bonds. The molecule has 3 aromatic rings. The van der Waals surface area contributed by atoms with E-state index in [2.05, 4.69) is 39.2 Å². The molecule has 0 atom stereocenters. The van der Waals surface area contributed by atoms with Crippen LogP contribution in [0.2, 0.25) is 0 Å². The molecule has 2 aromatic carbocycles. The van der Waals surface area contributed by atoms with Gasteiger partial charge in [0.05, 0.1) is 6.61 Å². The summed E-state index contributed by atoms with van der Waals surface area (Å²) in [4.78, 5) is 24.0. The number of carbonyl (C=O) groups excluding carboxylic acids is 1. The third-order valence-corrected chi connectivity index (χ3v) is 5.82. The second-order valence-electron chi connectivity index (χ2n) is 8.32. The van der Waals surface area contributed by atoms with Gasteiger partial charge in [0, 0.05) is 24.0 Å². The molecule has 0 spiro atoms. The van der Waals surface area contributed by atoms with Crippen LogP contribution in [-0.2, 0) is 11.3 Å². The minimum atomic E-state index is -0.439. The van der Waals surface area contributed by atoms with Crippen molar-refractivity contribution in [3.63, 3.8) is 0 Å². The fraction of sp³-hybridized carbons (Fsp3) is 0.346. The van der Waals surface area contributed by atoms with E-state index in [0.717, 1.165) is 36.8 Å². The number of likely N-dealkylation sites (tertiary alicyclic amines) is 1. The van der Waals surface area contributed by atoms with Gasteiger partial charge < -0.3 is 10.1 Å². The number of piperidine rings is 1. The molecule has 2 heterocycles. The molecule has 1 aromatic heterocycles. The summed E-state index contributed by atoms with van der Waals surface area (Å²) in [7, 11) is 0. The highest BCUT2D eigenvalue weighted by molar-refractivity contribution is 5.95. The maximum absolute atomic E-state index is 12.5. The summed E-state index contributed by atoms with van der Waals surface area (Å²) < 4.78 is 5.20. The van der Waals surface area contributed by atoms with Crippen molar-refractivity contribution in [1.29, 1.82) is 0 Å². The summed E-state index contributed by atoms with van der Waals surface area (Å²) in [5.41, 5.74) is 3.35. The molecule has 1 aliphatic heterocycles. The number of ether oxygens (including phenoxy) is 1. The Kier molecular flexibility index (Phi) is 7.12. The highest BCUT2D eigenvalue weighted by Crippen LogP contribution is 2.24. The molecule has 0 radical (unpaired) electrons. The Labute approximate surface area is 189 Å². The monoisotopic (exact) mass is 430 g/mol. The van der Waals surface area contributed by atoms with Gasteiger partial charge >= 0.3 is 5.97 Å². The lowest BCUT2D eigenvalue weighted by Crippen LogP contribution is -2.32. The third kappa shape index (κ3) is 5.51. The van der Waals surface area contributed by atoms with Gasteiger partial charge in [-0.05, 0) is 56.5 Å². The van der Waals surface area contributed by atoms with Crippen LogP contribution in [0.3, 0.4) is 0 Å². The lowest BCUT2D eigenvalue weighted by Gasteiger charge is -2.30. The number of rotatable bonds is 7. The lowest BCUT2D eigenvalue weighted by atomic mass is 9.99. The average molecular weight is 431 g/mol. The molecule has 32 heavy (non-hydrogen) atoms. The molecular weight excluding hydrogens is 400 g/mol. The highest BCUT2D eigenvalue weighted by Gasteiger charge is 2.18. The Bertz CT molecular complexity index is 1030. The van der Waals surface area contributed by atoms with Crippen LogP contribution in [0.4, 0.5) is 11.5 Å². The largest absolute Gasteiger partial charge is 0.462 e. The predicted molar refractivity (Wildman–Crippen MR) is 127 cm³/mol. The Balaban J connectivity index is 1.53. The quantitative estimate of drug-likeness (QED) is 0.513. The fourth-order valence-electron chi connectivity index (χ4n) is 3.87. The van der Waals surface area contributed by atoms with Crippen molar-refractivity contribution in [1.82, 2.24) is 14.9 Å². The molecule has 0 unspecified atom stereocenters. The SMILES string of the molecule is CCOC(=O)c1cnc(-c2ccccc2)nc1Nc1ccc(CN2CCC(C)CC2)cc1. The second-order valence-corrected chi connectivity index (χ2v) is 8.32. The molecule has 0 bridgehead atoms. The minimum absolute atomic E-state index is 0.294. The number of nitrogens with zero attached hydrogens (tertiary/aromatic N) is 3. The smallest absolute Gasteiger partial charge is 0.343 e. The average Bonchev–Trinajstić information content (AvgIpc) is 2.82. The number of hydrogen-bond donors (Lipinski definition) is 1. The molecule has 6 heteroatoms. The highest BCUT2D eigenvalue weighted by atomic mass is 16.5. The number of hydrogen-bond acceptors (Lipinski definition) is 6. The van der Waals surface area contributed by atoms with Gasteiger partial charge in [-0.2, -0.15) is 0 Å². The van der Waals surface area contributed by atoms with E-state index >= 15 is 0 Å². The lowest BCUT2D eigenvalue weighted by molar-refractivity contribution is 0.0526. The van der Waals surface area contributed by atoms with Crippen LogP contribution in [0.15, 0.2) is 60.8 Å². The number of benzene rings is 2. The van der Waals surface area contributed by atoms with Crippen molar-refractivity contribution in [2.75, 3.05) is 25.0 Å². The number of aromatic nitrogens is 2. The molecule has 1 N–H and O–H groups in total. The van der Waals surface area contributed by atoms with Crippen LogP contribution in [-0.4, -0.2) is 40.5 Å². The topological polar surface area (TPSA) is 67.3 Å². The van der Waals surface area contributed by atoms with E-state index in [1.54, 1.807) is 6.92 Å². The first kappa shape index (κ1) is 22.0. The summed E-state index contributed by atoms with van der Waals surface area (Å²) in [6.07, 6.45) is 4.07. The molecule has 6 nitrogen and oxygen atoms in total. The van der Waals surface area contributed by atoms with E-state index in [-0.39, 0.29) is 0 Å². The minimum Gasteiger partial charge on any atom is -0.462 e. The third-order valence-electron chi connectivity index (χ3n) is 5.82. The molecule has 0 saturated carbocycles. The zero-order chi connectivity index (χ0) is 22.3. The van der Waals surface area contributed by atoms with E-state index in [1.165, 1.54) is 24.6 Å². The number of nitrogens with one attached hydrogen (secondary N) is 1. The first-order valence-corrected chi connectivity index (χ1v) is 11.3. The van der Waals surface area contributed by atoms with Gasteiger partial charge in [-0.25, -0.2) is 14.8 Å². The first-order valence-electron chi connectivity index (χ1n) is 11.3.